The Morgan fingerprint density at radius 1 is 1.22 bits per heavy atom. The first-order chi connectivity index (χ1) is 12.9. The molecule has 4 rings (SSSR count). The first-order valence-electron chi connectivity index (χ1n) is 8.95. The maximum absolute atomic E-state index is 13.1. The largest absolute Gasteiger partial charge is 0.497 e. The van der Waals surface area contributed by atoms with E-state index in [4.69, 9.17) is 4.74 Å². The van der Waals surface area contributed by atoms with Gasteiger partial charge in [0.25, 0.3) is 5.56 Å². The van der Waals surface area contributed by atoms with Gasteiger partial charge in [0.2, 0.25) is 5.91 Å². The van der Waals surface area contributed by atoms with Crippen molar-refractivity contribution in [1.29, 1.82) is 0 Å². The van der Waals surface area contributed by atoms with E-state index in [9.17, 15) is 9.59 Å². The third kappa shape index (κ3) is 2.70. The zero-order valence-corrected chi connectivity index (χ0v) is 15.8. The Labute approximate surface area is 156 Å². The summed E-state index contributed by atoms with van der Waals surface area (Å²) < 4.78 is 8.67. The van der Waals surface area contributed by atoms with Crippen LogP contribution in [-0.4, -0.2) is 27.4 Å². The van der Waals surface area contributed by atoms with E-state index in [2.05, 4.69) is 10.4 Å². The summed E-state index contributed by atoms with van der Waals surface area (Å²) in [6.07, 6.45) is 1.99. The highest BCUT2D eigenvalue weighted by Crippen LogP contribution is 2.37. The molecule has 1 atom stereocenters. The second-order valence-electron chi connectivity index (χ2n) is 7.18. The lowest BCUT2D eigenvalue weighted by Gasteiger charge is -2.25. The standard InChI is InChI=1S/C20H22N4O3/c1-11(2)24-19-16(10-21-24)14(9-18(25)22-19)15-7-12-5-6-13(27-4)8-17(12)23(3)20(15)26/h5-8,10-11,14H,9H2,1-4H3,(H,22,25)/t14-/m0/s1. The number of rotatable bonds is 3. The number of aryl methyl sites for hydroxylation is 1. The third-order valence-corrected chi connectivity index (χ3v) is 5.17. The van der Waals surface area contributed by atoms with Crippen molar-refractivity contribution in [3.8, 4) is 5.75 Å². The van der Waals surface area contributed by atoms with Crippen LogP contribution in [0.5, 0.6) is 5.75 Å². The molecule has 0 spiro atoms. The quantitative estimate of drug-likeness (QED) is 0.773. The summed E-state index contributed by atoms with van der Waals surface area (Å²) in [4.78, 5) is 25.5. The van der Waals surface area contributed by atoms with E-state index in [0.29, 0.717) is 17.1 Å². The van der Waals surface area contributed by atoms with Crippen molar-refractivity contribution >= 4 is 22.6 Å². The van der Waals surface area contributed by atoms with Crippen molar-refractivity contribution < 1.29 is 9.53 Å². The predicted octanol–water partition coefficient (Wildman–Crippen LogP) is 2.80. The fourth-order valence-corrected chi connectivity index (χ4v) is 3.75. The Bertz CT molecular complexity index is 1110. The van der Waals surface area contributed by atoms with Crippen LogP contribution in [0.15, 0.2) is 35.3 Å². The Balaban J connectivity index is 1.92. The second-order valence-corrected chi connectivity index (χ2v) is 7.18. The van der Waals surface area contributed by atoms with Crippen LogP contribution < -0.4 is 15.6 Å². The molecular formula is C20H22N4O3. The minimum atomic E-state index is -0.313. The van der Waals surface area contributed by atoms with Crippen LogP contribution in [0.2, 0.25) is 0 Å². The number of carbonyl (C=O) groups is 1. The zero-order chi connectivity index (χ0) is 19.3. The molecule has 3 aromatic rings. The molecule has 0 bridgehead atoms. The van der Waals surface area contributed by atoms with Crippen LogP contribution in [0.1, 0.15) is 43.4 Å². The molecule has 0 unspecified atom stereocenters. The van der Waals surface area contributed by atoms with Gasteiger partial charge in [-0.25, -0.2) is 4.68 Å². The fourth-order valence-electron chi connectivity index (χ4n) is 3.75. The van der Waals surface area contributed by atoms with E-state index in [1.165, 1.54) is 0 Å². The van der Waals surface area contributed by atoms with E-state index < -0.39 is 0 Å². The average molecular weight is 366 g/mol. The van der Waals surface area contributed by atoms with Gasteiger partial charge in [-0.3, -0.25) is 9.59 Å². The Morgan fingerprint density at radius 2 is 2.00 bits per heavy atom. The molecule has 0 radical (unpaired) electrons. The number of hydrogen-bond donors (Lipinski definition) is 1. The van der Waals surface area contributed by atoms with Gasteiger partial charge in [-0.05, 0) is 37.4 Å². The Hall–Kier alpha value is -3.09. The molecule has 0 aliphatic carbocycles. The van der Waals surface area contributed by atoms with E-state index in [1.807, 2.05) is 38.1 Å². The monoisotopic (exact) mass is 366 g/mol. The molecule has 140 valence electrons. The first kappa shape index (κ1) is 17.3. The van der Waals surface area contributed by atoms with Gasteiger partial charge in [-0.15, -0.1) is 0 Å². The molecule has 1 aliphatic heterocycles. The number of aromatic nitrogens is 3. The lowest BCUT2D eigenvalue weighted by atomic mass is 9.87. The molecule has 0 saturated carbocycles. The molecule has 1 aliphatic rings. The maximum atomic E-state index is 13.1. The summed E-state index contributed by atoms with van der Waals surface area (Å²) in [5.74, 6) is 0.962. The van der Waals surface area contributed by atoms with Crippen LogP contribution in [0.25, 0.3) is 10.9 Å². The highest BCUT2D eigenvalue weighted by Gasteiger charge is 2.32. The molecule has 1 amide bonds. The fraction of sp³-hybridized carbons (Fsp3) is 0.350. The summed E-state index contributed by atoms with van der Waals surface area (Å²) in [5.41, 5.74) is 2.17. The van der Waals surface area contributed by atoms with Crippen molar-refractivity contribution in [2.24, 2.45) is 7.05 Å². The number of methoxy groups -OCH3 is 1. The lowest BCUT2D eigenvalue weighted by molar-refractivity contribution is -0.116. The number of nitrogens with one attached hydrogen (secondary N) is 1. The van der Waals surface area contributed by atoms with Gasteiger partial charge in [0, 0.05) is 42.6 Å². The van der Waals surface area contributed by atoms with E-state index in [-0.39, 0.29) is 29.8 Å². The summed E-state index contributed by atoms with van der Waals surface area (Å²) in [7, 11) is 3.34. The van der Waals surface area contributed by atoms with Crippen LogP contribution in [0, 0.1) is 0 Å². The number of amides is 1. The summed E-state index contributed by atoms with van der Waals surface area (Å²) in [5, 5.41) is 8.26. The second kappa shape index (κ2) is 6.26. The van der Waals surface area contributed by atoms with Gasteiger partial charge in [-0.1, -0.05) is 0 Å². The number of fused-ring (bicyclic) bond motifs is 2. The molecule has 7 nitrogen and oxygen atoms in total. The van der Waals surface area contributed by atoms with Gasteiger partial charge >= 0.3 is 0 Å². The number of anilines is 1. The van der Waals surface area contributed by atoms with Gasteiger partial charge in [0.15, 0.2) is 0 Å². The Morgan fingerprint density at radius 3 is 2.70 bits per heavy atom. The molecule has 0 fully saturated rings. The molecule has 2 aromatic heterocycles. The third-order valence-electron chi connectivity index (χ3n) is 5.17. The predicted molar refractivity (Wildman–Crippen MR) is 103 cm³/mol. The first-order valence-corrected chi connectivity index (χ1v) is 8.95. The maximum Gasteiger partial charge on any atom is 0.254 e. The zero-order valence-electron chi connectivity index (χ0n) is 15.8. The SMILES string of the molecule is COc1ccc2cc([C@@H]3CC(=O)Nc4c3cnn4C(C)C)c(=O)n(C)c2c1. The molecule has 1 aromatic carbocycles. The summed E-state index contributed by atoms with van der Waals surface area (Å²) in [6.45, 7) is 4.01. The number of carbonyl (C=O) groups excluding carboxylic acids is 1. The molecule has 0 saturated heterocycles. The number of nitrogens with zero attached hydrogens (tertiary/aromatic N) is 3. The van der Waals surface area contributed by atoms with Gasteiger partial charge in [0.05, 0.1) is 18.8 Å². The van der Waals surface area contributed by atoms with Gasteiger partial charge in [0.1, 0.15) is 11.6 Å². The van der Waals surface area contributed by atoms with Crippen molar-refractivity contribution in [3.63, 3.8) is 0 Å². The smallest absolute Gasteiger partial charge is 0.254 e. The normalized spacial score (nSPS) is 16.5. The number of hydrogen-bond acceptors (Lipinski definition) is 4. The molecular weight excluding hydrogens is 344 g/mol. The van der Waals surface area contributed by atoms with Crippen molar-refractivity contribution in [2.45, 2.75) is 32.2 Å². The van der Waals surface area contributed by atoms with Crippen LogP contribution >= 0.6 is 0 Å². The van der Waals surface area contributed by atoms with Gasteiger partial charge < -0.3 is 14.6 Å². The molecule has 3 heterocycles. The van der Waals surface area contributed by atoms with E-state index >= 15 is 0 Å². The van der Waals surface area contributed by atoms with Crippen LogP contribution in [0.4, 0.5) is 5.82 Å². The minimum Gasteiger partial charge on any atom is -0.497 e. The number of ether oxygens (including phenoxy) is 1. The molecule has 7 heteroatoms. The summed E-state index contributed by atoms with van der Waals surface area (Å²) in [6, 6.07) is 7.64. The van der Waals surface area contributed by atoms with E-state index in [1.54, 1.807) is 29.6 Å². The summed E-state index contributed by atoms with van der Waals surface area (Å²) >= 11 is 0. The highest BCUT2D eigenvalue weighted by atomic mass is 16.5. The van der Waals surface area contributed by atoms with Gasteiger partial charge in [-0.2, -0.15) is 5.10 Å². The lowest BCUT2D eigenvalue weighted by Crippen LogP contribution is -2.30. The van der Waals surface area contributed by atoms with Crippen LogP contribution in [-0.2, 0) is 11.8 Å². The molecule has 27 heavy (non-hydrogen) atoms. The van der Waals surface area contributed by atoms with Crippen LogP contribution in [0.3, 0.4) is 0 Å². The topological polar surface area (TPSA) is 78.2 Å². The highest BCUT2D eigenvalue weighted by molar-refractivity contribution is 5.94. The molecule has 1 N–H and O–H groups in total. The Kier molecular flexibility index (Phi) is 4.02. The van der Waals surface area contributed by atoms with E-state index in [0.717, 1.165) is 16.5 Å². The number of pyridine rings is 1. The average Bonchev–Trinajstić information content (AvgIpc) is 3.07. The number of benzene rings is 1. The van der Waals surface area contributed by atoms with Crippen molar-refractivity contribution in [3.05, 3.63) is 51.9 Å². The van der Waals surface area contributed by atoms with Crippen molar-refractivity contribution in [1.82, 2.24) is 14.3 Å². The minimum absolute atomic E-state index is 0.105. The van der Waals surface area contributed by atoms with Crippen molar-refractivity contribution in [2.75, 3.05) is 12.4 Å².